The second-order valence-electron chi connectivity index (χ2n) is 10.7. The van der Waals surface area contributed by atoms with Gasteiger partial charge in [-0.1, -0.05) is 60.3 Å². The molecule has 0 bridgehead atoms. The van der Waals surface area contributed by atoms with Crippen LogP contribution in [0, 0.1) is 6.92 Å². The first kappa shape index (κ1) is 29.9. The number of benzene rings is 3. The van der Waals surface area contributed by atoms with Crippen molar-refractivity contribution in [3.8, 4) is 11.4 Å². The number of nitrogens with one attached hydrogen (secondary N) is 2. The maximum Gasteiger partial charge on any atom is 0.321 e. The highest BCUT2D eigenvalue weighted by molar-refractivity contribution is 8.01. The number of rotatable bonds is 11. The summed E-state index contributed by atoms with van der Waals surface area (Å²) in [5, 5.41) is 13.9. The molecule has 0 saturated heterocycles. The zero-order valence-corrected chi connectivity index (χ0v) is 25.7. The zero-order chi connectivity index (χ0) is 30.6. The minimum absolute atomic E-state index is 0.137. The number of carbonyl (C=O) groups excluding carboxylic acids is 2. The Morgan fingerprint density at radius 1 is 0.977 bits per heavy atom. The van der Waals surface area contributed by atoms with E-state index >= 15 is 0 Å². The molecule has 3 aromatic carbocycles. The van der Waals surface area contributed by atoms with Crippen LogP contribution < -0.4 is 10.1 Å². The second-order valence-corrected chi connectivity index (χ2v) is 12.3. The van der Waals surface area contributed by atoms with Gasteiger partial charge in [0.05, 0.1) is 26.7 Å². The minimum Gasteiger partial charge on any atom is -0.497 e. The molecule has 0 aliphatic carbocycles. The fraction of sp³-hybridized carbons (Fsp3) is 0.273. The van der Waals surface area contributed by atoms with Crippen LogP contribution in [-0.4, -0.2) is 50.6 Å². The van der Waals surface area contributed by atoms with E-state index in [2.05, 4.69) is 20.5 Å². The van der Waals surface area contributed by atoms with Gasteiger partial charge in [0.1, 0.15) is 10.5 Å². The Labute approximate surface area is 255 Å². The molecule has 5 rings (SSSR count). The summed E-state index contributed by atoms with van der Waals surface area (Å²) in [6.45, 7) is 5.54. The molecule has 0 radical (unpaired) electrons. The third kappa shape index (κ3) is 6.59. The third-order valence-electron chi connectivity index (χ3n) is 7.31. The van der Waals surface area contributed by atoms with Gasteiger partial charge in [0.15, 0.2) is 11.0 Å². The van der Waals surface area contributed by atoms with Crippen LogP contribution in [0.2, 0.25) is 0 Å². The maximum atomic E-state index is 13.7. The second kappa shape index (κ2) is 12.7. The molecule has 10 heteroatoms. The summed E-state index contributed by atoms with van der Waals surface area (Å²) in [6.07, 6.45) is 0.688. The van der Waals surface area contributed by atoms with Gasteiger partial charge in [0.2, 0.25) is 5.91 Å². The normalized spacial score (nSPS) is 12.2. The first-order valence-electron chi connectivity index (χ1n) is 14.0. The van der Waals surface area contributed by atoms with E-state index in [0.717, 1.165) is 33.4 Å². The fourth-order valence-corrected chi connectivity index (χ4v) is 6.08. The molecule has 2 aromatic heterocycles. The number of methoxy groups -OCH3 is 2. The Bertz CT molecular complexity index is 1730. The smallest absolute Gasteiger partial charge is 0.321 e. The molecule has 0 saturated carbocycles. The monoisotopic (exact) mass is 597 g/mol. The average Bonchev–Trinajstić information content (AvgIpc) is 3.56. The predicted octanol–water partition coefficient (Wildman–Crippen LogP) is 5.75. The van der Waals surface area contributed by atoms with Gasteiger partial charge >= 0.3 is 5.97 Å². The van der Waals surface area contributed by atoms with Crippen molar-refractivity contribution in [1.82, 2.24) is 25.1 Å². The van der Waals surface area contributed by atoms with Crippen molar-refractivity contribution in [3.05, 3.63) is 102 Å². The summed E-state index contributed by atoms with van der Waals surface area (Å²) >= 11 is 1.25. The number of fused-ring (bicyclic) bond motifs is 1. The predicted molar refractivity (Wildman–Crippen MR) is 168 cm³/mol. The number of thioether (sulfide) groups is 1. The Morgan fingerprint density at radius 2 is 1.67 bits per heavy atom. The first-order valence-corrected chi connectivity index (χ1v) is 14.8. The Kier molecular flexibility index (Phi) is 8.86. The van der Waals surface area contributed by atoms with Crippen LogP contribution in [0.4, 0.5) is 0 Å². The number of hydrogen-bond acceptors (Lipinski definition) is 7. The SMILES string of the molecule is COC(=O)C(C)(C)Sc1nnc([C@H](Cc2ccccc2)NC(=O)Cc2c(C)[nH]c3ccccc23)n1-c1ccc(OC)cc1. The highest BCUT2D eigenvalue weighted by Crippen LogP contribution is 2.36. The summed E-state index contributed by atoms with van der Waals surface area (Å²) in [6, 6.07) is 24.9. The average molecular weight is 598 g/mol. The Hall–Kier alpha value is -4.57. The molecule has 1 atom stereocenters. The number of aromatic amines is 1. The first-order chi connectivity index (χ1) is 20.7. The zero-order valence-electron chi connectivity index (χ0n) is 24.9. The molecule has 5 aromatic rings. The molecule has 0 aliphatic rings. The summed E-state index contributed by atoms with van der Waals surface area (Å²) in [5.41, 5.74) is 4.71. The van der Waals surface area contributed by atoms with Gasteiger partial charge in [-0.3, -0.25) is 14.2 Å². The quantitative estimate of drug-likeness (QED) is 0.147. The van der Waals surface area contributed by atoms with Crippen LogP contribution in [0.3, 0.4) is 0 Å². The van der Waals surface area contributed by atoms with Crippen LogP contribution in [0.15, 0.2) is 84.0 Å². The number of para-hydroxylation sites is 1. The number of H-pyrrole nitrogens is 1. The molecular weight excluding hydrogens is 562 g/mol. The highest BCUT2D eigenvalue weighted by Gasteiger charge is 2.34. The van der Waals surface area contributed by atoms with E-state index in [0.29, 0.717) is 23.2 Å². The van der Waals surface area contributed by atoms with Crippen molar-refractivity contribution in [3.63, 3.8) is 0 Å². The number of esters is 1. The van der Waals surface area contributed by atoms with E-state index in [1.54, 1.807) is 21.0 Å². The van der Waals surface area contributed by atoms with Gasteiger partial charge in [0, 0.05) is 22.3 Å². The van der Waals surface area contributed by atoms with Gasteiger partial charge in [-0.15, -0.1) is 10.2 Å². The Morgan fingerprint density at radius 3 is 2.37 bits per heavy atom. The number of hydrogen-bond donors (Lipinski definition) is 2. The van der Waals surface area contributed by atoms with E-state index in [-0.39, 0.29) is 18.3 Å². The van der Waals surface area contributed by atoms with Crippen molar-refractivity contribution >= 4 is 34.5 Å². The number of carbonyl (C=O) groups is 2. The van der Waals surface area contributed by atoms with Crippen molar-refractivity contribution in [1.29, 1.82) is 0 Å². The lowest BCUT2D eigenvalue weighted by Gasteiger charge is -2.23. The van der Waals surface area contributed by atoms with E-state index in [4.69, 9.17) is 9.47 Å². The van der Waals surface area contributed by atoms with Crippen molar-refractivity contribution < 1.29 is 19.1 Å². The number of nitrogens with zero attached hydrogens (tertiary/aromatic N) is 3. The molecule has 0 spiro atoms. The molecule has 9 nitrogen and oxygen atoms in total. The van der Waals surface area contributed by atoms with E-state index in [9.17, 15) is 9.59 Å². The summed E-state index contributed by atoms with van der Waals surface area (Å²) < 4.78 is 11.4. The lowest BCUT2D eigenvalue weighted by Crippen LogP contribution is -2.33. The fourth-order valence-electron chi connectivity index (χ4n) is 5.09. The van der Waals surface area contributed by atoms with Crippen LogP contribution in [0.5, 0.6) is 5.75 Å². The lowest BCUT2D eigenvalue weighted by atomic mass is 10.0. The molecule has 0 aliphatic heterocycles. The van der Waals surface area contributed by atoms with Gasteiger partial charge in [-0.2, -0.15) is 0 Å². The van der Waals surface area contributed by atoms with Crippen LogP contribution in [0.25, 0.3) is 16.6 Å². The lowest BCUT2D eigenvalue weighted by molar-refractivity contribution is -0.142. The Balaban J connectivity index is 1.55. The molecule has 1 amide bonds. The molecule has 2 N–H and O–H groups in total. The van der Waals surface area contributed by atoms with Gasteiger partial charge in [-0.05, 0) is 68.7 Å². The van der Waals surface area contributed by atoms with Crippen molar-refractivity contribution in [2.45, 2.75) is 49.6 Å². The van der Waals surface area contributed by atoms with Crippen LogP contribution in [0.1, 0.15) is 42.5 Å². The standard InChI is InChI=1S/C33H35N5O4S/c1-21-26(25-13-9-10-14-27(25)34-21)20-29(39)35-28(19-22-11-7-6-8-12-22)30-36-37-32(43-33(2,3)31(40)42-5)38(30)23-15-17-24(41-4)18-16-23/h6-18,28,34H,19-20H2,1-5H3,(H,35,39)/t28-/m0/s1. The van der Waals surface area contributed by atoms with Crippen molar-refractivity contribution in [2.75, 3.05) is 14.2 Å². The minimum atomic E-state index is -0.936. The van der Waals surface area contributed by atoms with Crippen LogP contribution in [-0.2, 0) is 27.2 Å². The molecule has 0 unspecified atom stereocenters. The van der Waals surface area contributed by atoms with Crippen LogP contribution >= 0.6 is 11.8 Å². The highest BCUT2D eigenvalue weighted by atomic mass is 32.2. The summed E-state index contributed by atoms with van der Waals surface area (Å²) in [5.74, 6) is 0.723. The molecule has 43 heavy (non-hydrogen) atoms. The third-order valence-corrected chi connectivity index (χ3v) is 8.43. The summed E-state index contributed by atoms with van der Waals surface area (Å²) in [7, 11) is 2.98. The van der Waals surface area contributed by atoms with Crippen molar-refractivity contribution in [2.24, 2.45) is 0 Å². The van der Waals surface area contributed by atoms with E-state index in [1.807, 2.05) is 90.4 Å². The molecular formula is C33H35N5O4S. The summed E-state index contributed by atoms with van der Waals surface area (Å²) in [4.78, 5) is 29.7. The topological polar surface area (TPSA) is 111 Å². The van der Waals surface area contributed by atoms with Gasteiger partial charge in [0.25, 0.3) is 0 Å². The largest absolute Gasteiger partial charge is 0.497 e. The van der Waals surface area contributed by atoms with E-state index in [1.165, 1.54) is 18.9 Å². The molecule has 2 heterocycles. The number of aromatic nitrogens is 4. The van der Waals surface area contributed by atoms with Gasteiger partial charge in [-0.25, -0.2) is 0 Å². The van der Waals surface area contributed by atoms with Gasteiger partial charge < -0.3 is 19.8 Å². The number of amides is 1. The molecule has 0 fully saturated rings. The maximum absolute atomic E-state index is 13.7. The molecule has 222 valence electrons. The van der Waals surface area contributed by atoms with E-state index < -0.39 is 10.8 Å². The number of aryl methyl sites for hydroxylation is 1. The number of ether oxygens (including phenoxy) is 2.